The molecular formula is C20H20BrN5. The number of anilines is 2. The van der Waals surface area contributed by atoms with E-state index < -0.39 is 0 Å². The lowest BCUT2D eigenvalue weighted by Gasteiger charge is -2.24. The van der Waals surface area contributed by atoms with Gasteiger partial charge in [0.15, 0.2) is 5.82 Å². The van der Waals surface area contributed by atoms with Crippen LogP contribution in [0.5, 0.6) is 0 Å². The van der Waals surface area contributed by atoms with Gasteiger partial charge >= 0.3 is 0 Å². The average molecular weight is 410 g/mol. The van der Waals surface area contributed by atoms with Gasteiger partial charge in [0, 0.05) is 48.7 Å². The van der Waals surface area contributed by atoms with E-state index in [9.17, 15) is 0 Å². The minimum absolute atomic E-state index is 0.660. The molecule has 26 heavy (non-hydrogen) atoms. The van der Waals surface area contributed by atoms with Gasteiger partial charge in [0.1, 0.15) is 5.82 Å². The maximum Gasteiger partial charge on any atom is 0.150 e. The van der Waals surface area contributed by atoms with Crippen molar-refractivity contribution >= 4 is 38.6 Å². The van der Waals surface area contributed by atoms with Gasteiger partial charge in [-0.05, 0) is 47.1 Å². The first-order valence-electron chi connectivity index (χ1n) is 9.02. The Kier molecular flexibility index (Phi) is 3.81. The Balaban J connectivity index is 1.35. The molecule has 6 heteroatoms. The summed E-state index contributed by atoms with van der Waals surface area (Å²) in [4.78, 5) is 19.1. The van der Waals surface area contributed by atoms with Crippen molar-refractivity contribution in [3.05, 3.63) is 52.8 Å². The zero-order valence-corrected chi connectivity index (χ0v) is 16.2. The standard InChI is InChI=1S/C20H20BrN5/c1-13-20(24-18-5-3-2-4-17(18)23-13)26-11-14-9-25(10-15(14)12-26)19-7-6-16(21)8-22-19/h2-8,14-15H,9-12H2,1H3. The van der Waals surface area contributed by atoms with Gasteiger partial charge in [-0.15, -0.1) is 0 Å². The van der Waals surface area contributed by atoms with E-state index in [1.165, 1.54) is 0 Å². The monoisotopic (exact) mass is 409 g/mol. The molecule has 132 valence electrons. The van der Waals surface area contributed by atoms with Crippen molar-refractivity contribution in [1.29, 1.82) is 0 Å². The number of hydrogen-bond acceptors (Lipinski definition) is 5. The molecule has 2 saturated heterocycles. The fourth-order valence-corrected chi connectivity index (χ4v) is 4.52. The average Bonchev–Trinajstić information content (AvgIpc) is 3.21. The third-order valence-electron chi connectivity index (χ3n) is 5.54. The third kappa shape index (κ3) is 2.72. The normalized spacial score (nSPS) is 22.2. The van der Waals surface area contributed by atoms with Crippen molar-refractivity contribution in [2.45, 2.75) is 6.92 Å². The summed E-state index contributed by atoms with van der Waals surface area (Å²) in [6.45, 7) is 6.30. The van der Waals surface area contributed by atoms with Gasteiger partial charge in [0.25, 0.3) is 0 Å². The molecule has 0 amide bonds. The number of para-hydroxylation sites is 2. The van der Waals surface area contributed by atoms with E-state index in [2.05, 4.69) is 49.8 Å². The van der Waals surface area contributed by atoms with Crippen molar-refractivity contribution in [3.8, 4) is 0 Å². The fourth-order valence-electron chi connectivity index (χ4n) is 4.29. The van der Waals surface area contributed by atoms with Crippen LogP contribution in [0.3, 0.4) is 0 Å². The van der Waals surface area contributed by atoms with Crippen molar-refractivity contribution in [2.75, 3.05) is 36.0 Å². The molecule has 0 spiro atoms. The number of benzene rings is 1. The number of halogens is 1. The highest BCUT2D eigenvalue weighted by Gasteiger charge is 2.41. The van der Waals surface area contributed by atoms with E-state index in [4.69, 9.17) is 9.97 Å². The van der Waals surface area contributed by atoms with Crippen LogP contribution in [-0.2, 0) is 0 Å². The highest BCUT2D eigenvalue weighted by atomic mass is 79.9. The van der Waals surface area contributed by atoms with Gasteiger partial charge in [0.05, 0.1) is 16.7 Å². The van der Waals surface area contributed by atoms with Crippen LogP contribution in [-0.4, -0.2) is 41.1 Å². The number of aromatic nitrogens is 3. The summed E-state index contributed by atoms with van der Waals surface area (Å²) in [6, 6.07) is 12.3. The van der Waals surface area contributed by atoms with E-state index in [0.717, 1.165) is 59.0 Å². The largest absolute Gasteiger partial charge is 0.356 e. The summed E-state index contributed by atoms with van der Waals surface area (Å²) in [5, 5.41) is 0. The zero-order valence-electron chi connectivity index (χ0n) is 14.6. The van der Waals surface area contributed by atoms with Crippen LogP contribution >= 0.6 is 15.9 Å². The van der Waals surface area contributed by atoms with E-state index in [1.54, 1.807) is 0 Å². The zero-order chi connectivity index (χ0) is 17.7. The molecule has 0 saturated carbocycles. The Morgan fingerprint density at radius 1 is 0.885 bits per heavy atom. The van der Waals surface area contributed by atoms with Gasteiger partial charge in [-0.2, -0.15) is 0 Å². The summed E-state index contributed by atoms with van der Waals surface area (Å²) >= 11 is 3.46. The van der Waals surface area contributed by atoms with Crippen molar-refractivity contribution in [3.63, 3.8) is 0 Å². The predicted octanol–water partition coefficient (Wildman–Crippen LogP) is 3.67. The van der Waals surface area contributed by atoms with Gasteiger partial charge in [-0.1, -0.05) is 12.1 Å². The van der Waals surface area contributed by atoms with E-state index in [-0.39, 0.29) is 0 Å². The summed E-state index contributed by atoms with van der Waals surface area (Å²) in [6.07, 6.45) is 1.88. The minimum atomic E-state index is 0.660. The fraction of sp³-hybridized carbons (Fsp3) is 0.350. The van der Waals surface area contributed by atoms with Gasteiger partial charge in [0.2, 0.25) is 0 Å². The SMILES string of the molecule is Cc1nc2ccccc2nc1N1CC2CN(c3ccc(Br)cn3)CC2C1. The first-order chi connectivity index (χ1) is 12.7. The molecule has 1 aromatic carbocycles. The summed E-state index contributed by atoms with van der Waals surface area (Å²) in [5.41, 5.74) is 2.97. The lowest BCUT2D eigenvalue weighted by atomic mass is 10.0. The first kappa shape index (κ1) is 16.0. The first-order valence-corrected chi connectivity index (χ1v) is 9.81. The van der Waals surface area contributed by atoms with Crippen LogP contribution in [0.1, 0.15) is 5.69 Å². The topological polar surface area (TPSA) is 45.2 Å². The van der Waals surface area contributed by atoms with E-state index in [1.807, 2.05) is 30.5 Å². The molecule has 0 radical (unpaired) electrons. The predicted molar refractivity (Wildman–Crippen MR) is 108 cm³/mol. The molecule has 5 nitrogen and oxygen atoms in total. The van der Waals surface area contributed by atoms with Crippen LogP contribution in [0.4, 0.5) is 11.6 Å². The smallest absolute Gasteiger partial charge is 0.150 e. The lowest BCUT2D eigenvalue weighted by molar-refractivity contribution is 0.533. The maximum atomic E-state index is 4.90. The second-order valence-electron chi connectivity index (χ2n) is 7.29. The highest BCUT2D eigenvalue weighted by molar-refractivity contribution is 9.10. The Hall–Kier alpha value is -2.21. The number of aryl methyl sites for hydroxylation is 1. The second-order valence-corrected chi connectivity index (χ2v) is 8.20. The molecule has 3 aromatic rings. The molecule has 2 unspecified atom stereocenters. The Morgan fingerprint density at radius 2 is 1.54 bits per heavy atom. The Morgan fingerprint density at radius 3 is 2.19 bits per heavy atom. The third-order valence-corrected chi connectivity index (χ3v) is 6.01. The van der Waals surface area contributed by atoms with Crippen LogP contribution < -0.4 is 9.80 Å². The van der Waals surface area contributed by atoms with Crippen LogP contribution in [0.2, 0.25) is 0 Å². The molecule has 2 atom stereocenters. The quantitative estimate of drug-likeness (QED) is 0.645. The highest BCUT2D eigenvalue weighted by Crippen LogP contribution is 2.36. The Bertz CT molecular complexity index is 944. The van der Waals surface area contributed by atoms with Crippen LogP contribution in [0, 0.1) is 18.8 Å². The summed E-state index contributed by atoms with van der Waals surface area (Å²) in [7, 11) is 0. The van der Waals surface area contributed by atoms with Crippen molar-refractivity contribution in [1.82, 2.24) is 15.0 Å². The molecule has 0 aliphatic carbocycles. The lowest BCUT2D eigenvalue weighted by Crippen LogP contribution is -2.30. The number of hydrogen-bond donors (Lipinski definition) is 0. The maximum absolute atomic E-state index is 4.90. The number of rotatable bonds is 2. The second kappa shape index (κ2) is 6.20. The van der Waals surface area contributed by atoms with E-state index in [0.29, 0.717) is 11.8 Å². The molecule has 0 N–H and O–H groups in total. The van der Waals surface area contributed by atoms with Gasteiger partial charge in [-0.25, -0.2) is 15.0 Å². The number of pyridine rings is 1. The molecule has 5 rings (SSSR count). The molecule has 0 bridgehead atoms. The van der Waals surface area contributed by atoms with Crippen molar-refractivity contribution < 1.29 is 0 Å². The molecule has 2 aliphatic heterocycles. The number of nitrogens with zero attached hydrogens (tertiary/aromatic N) is 5. The van der Waals surface area contributed by atoms with Crippen molar-refractivity contribution in [2.24, 2.45) is 11.8 Å². The van der Waals surface area contributed by atoms with E-state index >= 15 is 0 Å². The molecular weight excluding hydrogens is 390 g/mol. The minimum Gasteiger partial charge on any atom is -0.356 e. The molecule has 2 aliphatic rings. The Labute approximate surface area is 161 Å². The summed E-state index contributed by atoms with van der Waals surface area (Å²) in [5.74, 6) is 3.45. The number of fused-ring (bicyclic) bond motifs is 2. The van der Waals surface area contributed by atoms with Crippen LogP contribution in [0.25, 0.3) is 11.0 Å². The van der Waals surface area contributed by atoms with Crippen LogP contribution in [0.15, 0.2) is 47.1 Å². The van der Waals surface area contributed by atoms with Gasteiger partial charge < -0.3 is 9.80 Å². The molecule has 2 aromatic heterocycles. The molecule has 2 fully saturated rings. The van der Waals surface area contributed by atoms with Gasteiger partial charge in [-0.3, -0.25) is 0 Å². The summed E-state index contributed by atoms with van der Waals surface area (Å²) < 4.78 is 1.03. The molecule has 4 heterocycles.